The minimum absolute atomic E-state index is 0.192. The topological polar surface area (TPSA) is 57.6 Å². The second-order valence-electron chi connectivity index (χ2n) is 4.10. The van der Waals surface area contributed by atoms with Crippen LogP contribution in [-0.4, -0.2) is 16.9 Å². The van der Waals surface area contributed by atoms with E-state index in [1.807, 2.05) is 0 Å². The standard InChI is InChI=1S/C11H8FNO3/c12-8-3-5(1-2-9(8)14)13-10(15)6-4-7(6)11(13)16/h1-3,6-7,14H,4H2. The molecule has 2 unspecified atom stereocenters. The average molecular weight is 221 g/mol. The van der Waals surface area contributed by atoms with Crippen LogP contribution in [0.1, 0.15) is 6.42 Å². The molecule has 1 aromatic carbocycles. The molecule has 3 rings (SSSR count). The van der Waals surface area contributed by atoms with Crippen LogP contribution in [0.3, 0.4) is 0 Å². The van der Waals surface area contributed by atoms with E-state index in [4.69, 9.17) is 5.11 Å². The molecule has 1 saturated heterocycles. The van der Waals surface area contributed by atoms with Crippen LogP contribution < -0.4 is 4.90 Å². The Morgan fingerprint density at radius 3 is 2.44 bits per heavy atom. The Labute approximate surface area is 90.3 Å². The first-order chi connectivity index (χ1) is 7.59. The lowest BCUT2D eigenvalue weighted by atomic mass is 10.2. The molecule has 2 atom stereocenters. The summed E-state index contributed by atoms with van der Waals surface area (Å²) < 4.78 is 13.1. The normalized spacial score (nSPS) is 27.2. The van der Waals surface area contributed by atoms with Gasteiger partial charge in [0.25, 0.3) is 0 Å². The summed E-state index contributed by atoms with van der Waals surface area (Å²) >= 11 is 0. The molecule has 1 aliphatic carbocycles. The monoisotopic (exact) mass is 221 g/mol. The van der Waals surface area contributed by atoms with Gasteiger partial charge in [-0.2, -0.15) is 0 Å². The Hall–Kier alpha value is -1.91. The molecule has 0 radical (unpaired) electrons. The number of benzene rings is 1. The van der Waals surface area contributed by atoms with Gasteiger partial charge in [-0.15, -0.1) is 0 Å². The largest absolute Gasteiger partial charge is 0.505 e. The number of hydrogen-bond acceptors (Lipinski definition) is 3. The number of hydrogen-bond donors (Lipinski definition) is 1. The SMILES string of the molecule is O=C1C2CC2C(=O)N1c1ccc(O)c(F)c1. The minimum atomic E-state index is -0.835. The zero-order chi connectivity index (χ0) is 11.4. The first-order valence-corrected chi connectivity index (χ1v) is 4.96. The van der Waals surface area contributed by atoms with E-state index < -0.39 is 11.6 Å². The van der Waals surface area contributed by atoms with Crippen molar-refractivity contribution in [2.45, 2.75) is 6.42 Å². The van der Waals surface area contributed by atoms with E-state index in [1.54, 1.807) is 0 Å². The summed E-state index contributed by atoms with van der Waals surface area (Å²) in [5.74, 6) is -2.26. The molecular formula is C11H8FNO3. The predicted octanol–water partition coefficient (Wildman–Crippen LogP) is 1.04. The average Bonchev–Trinajstić information content (AvgIpc) is 2.98. The maximum absolute atomic E-state index is 13.1. The molecule has 4 nitrogen and oxygen atoms in total. The number of amides is 2. The van der Waals surface area contributed by atoms with Crippen LogP contribution in [0.5, 0.6) is 5.75 Å². The van der Waals surface area contributed by atoms with Crippen molar-refractivity contribution in [3.63, 3.8) is 0 Å². The van der Waals surface area contributed by atoms with Crippen molar-refractivity contribution in [1.29, 1.82) is 0 Å². The zero-order valence-electron chi connectivity index (χ0n) is 8.18. The number of phenolic OH excluding ortho intramolecular Hbond substituents is 1. The number of phenols is 1. The molecule has 2 aliphatic rings. The van der Waals surface area contributed by atoms with Gasteiger partial charge in [-0.3, -0.25) is 9.59 Å². The summed E-state index contributed by atoms with van der Waals surface area (Å²) in [5, 5.41) is 9.02. The summed E-state index contributed by atoms with van der Waals surface area (Å²) in [6, 6.07) is 3.49. The van der Waals surface area contributed by atoms with E-state index in [9.17, 15) is 14.0 Å². The number of piperidine rings is 1. The Kier molecular flexibility index (Phi) is 1.64. The van der Waals surface area contributed by atoms with Gasteiger partial charge in [-0.25, -0.2) is 9.29 Å². The van der Waals surface area contributed by atoms with Gasteiger partial charge >= 0.3 is 0 Å². The van der Waals surface area contributed by atoms with E-state index >= 15 is 0 Å². The summed E-state index contributed by atoms with van der Waals surface area (Å²) in [4.78, 5) is 24.3. The van der Waals surface area contributed by atoms with Gasteiger partial charge in [0.1, 0.15) is 0 Å². The van der Waals surface area contributed by atoms with Gasteiger partial charge in [0.05, 0.1) is 17.5 Å². The van der Waals surface area contributed by atoms with Crippen molar-refractivity contribution in [3.8, 4) is 5.75 Å². The van der Waals surface area contributed by atoms with E-state index in [0.717, 1.165) is 17.0 Å². The number of rotatable bonds is 1. The van der Waals surface area contributed by atoms with Crippen LogP contribution >= 0.6 is 0 Å². The van der Waals surface area contributed by atoms with Gasteiger partial charge in [-0.1, -0.05) is 0 Å². The maximum atomic E-state index is 13.1. The summed E-state index contributed by atoms with van der Waals surface area (Å²) in [5.41, 5.74) is 0.192. The van der Waals surface area contributed by atoms with E-state index in [0.29, 0.717) is 6.42 Å². The van der Waals surface area contributed by atoms with Crippen molar-refractivity contribution >= 4 is 17.5 Å². The number of carbonyl (C=O) groups is 2. The number of aromatic hydroxyl groups is 1. The Morgan fingerprint density at radius 1 is 1.25 bits per heavy atom. The molecule has 16 heavy (non-hydrogen) atoms. The van der Waals surface area contributed by atoms with E-state index in [-0.39, 0.29) is 29.3 Å². The fourth-order valence-electron chi connectivity index (χ4n) is 2.07. The van der Waals surface area contributed by atoms with Gasteiger partial charge in [-0.05, 0) is 18.6 Å². The quantitative estimate of drug-likeness (QED) is 0.721. The third kappa shape index (κ3) is 1.08. The Morgan fingerprint density at radius 2 is 1.88 bits per heavy atom. The molecule has 0 bridgehead atoms. The Bertz CT molecular complexity index is 494. The second-order valence-corrected chi connectivity index (χ2v) is 4.10. The minimum Gasteiger partial charge on any atom is -0.505 e. The van der Waals surface area contributed by atoms with Crippen molar-refractivity contribution in [3.05, 3.63) is 24.0 Å². The lowest BCUT2D eigenvalue weighted by Crippen LogP contribution is -2.32. The first kappa shape index (κ1) is 9.33. The third-order valence-corrected chi connectivity index (χ3v) is 3.06. The van der Waals surface area contributed by atoms with Gasteiger partial charge in [0.2, 0.25) is 11.8 Å². The van der Waals surface area contributed by atoms with Crippen LogP contribution in [0.4, 0.5) is 10.1 Å². The third-order valence-electron chi connectivity index (χ3n) is 3.06. The molecular weight excluding hydrogens is 213 g/mol. The number of fused-ring (bicyclic) bond motifs is 1. The number of carbonyl (C=O) groups excluding carboxylic acids is 2. The number of anilines is 1. The number of halogens is 1. The highest BCUT2D eigenvalue weighted by atomic mass is 19.1. The molecule has 1 saturated carbocycles. The molecule has 1 heterocycles. The van der Waals surface area contributed by atoms with E-state index in [1.165, 1.54) is 6.07 Å². The number of nitrogens with zero attached hydrogens (tertiary/aromatic N) is 1. The molecule has 82 valence electrons. The summed E-state index contributed by atoms with van der Waals surface area (Å²) in [6.45, 7) is 0. The zero-order valence-corrected chi connectivity index (χ0v) is 8.18. The van der Waals surface area contributed by atoms with Crippen LogP contribution in [0.2, 0.25) is 0 Å². The molecule has 5 heteroatoms. The second kappa shape index (κ2) is 2.81. The summed E-state index contributed by atoms with van der Waals surface area (Å²) in [7, 11) is 0. The van der Waals surface area contributed by atoms with Gasteiger partial charge < -0.3 is 5.11 Å². The van der Waals surface area contributed by atoms with Crippen molar-refractivity contribution in [2.24, 2.45) is 11.8 Å². The van der Waals surface area contributed by atoms with Gasteiger partial charge in [0, 0.05) is 6.07 Å². The fraction of sp³-hybridized carbons (Fsp3) is 0.273. The van der Waals surface area contributed by atoms with Crippen molar-refractivity contribution in [1.82, 2.24) is 0 Å². The van der Waals surface area contributed by atoms with Crippen LogP contribution in [0, 0.1) is 17.7 Å². The molecule has 0 aromatic heterocycles. The van der Waals surface area contributed by atoms with Gasteiger partial charge in [0.15, 0.2) is 11.6 Å². The number of imide groups is 1. The molecule has 0 spiro atoms. The smallest absolute Gasteiger partial charge is 0.237 e. The molecule has 1 aromatic rings. The Balaban J connectivity index is 2.01. The van der Waals surface area contributed by atoms with Crippen molar-refractivity contribution in [2.75, 3.05) is 4.90 Å². The molecule has 1 aliphatic heterocycles. The van der Waals surface area contributed by atoms with E-state index in [2.05, 4.69) is 0 Å². The summed E-state index contributed by atoms with van der Waals surface area (Å²) in [6.07, 6.45) is 0.620. The molecule has 2 amide bonds. The molecule has 2 fully saturated rings. The van der Waals surface area contributed by atoms with Crippen LogP contribution in [0.15, 0.2) is 18.2 Å². The lowest BCUT2D eigenvalue weighted by Gasteiger charge is -2.16. The highest BCUT2D eigenvalue weighted by Gasteiger charge is 2.59. The first-order valence-electron chi connectivity index (χ1n) is 4.96. The fourth-order valence-corrected chi connectivity index (χ4v) is 2.07. The maximum Gasteiger partial charge on any atom is 0.237 e. The molecule has 1 N–H and O–H groups in total. The highest BCUT2D eigenvalue weighted by molar-refractivity contribution is 6.24. The lowest BCUT2D eigenvalue weighted by molar-refractivity contribution is -0.123. The highest BCUT2D eigenvalue weighted by Crippen LogP contribution is 2.48. The van der Waals surface area contributed by atoms with Crippen molar-refractivity contribution < 1.29 is 19.1 Å². The van der Waals surface area contributed by atoms with Crippen LogP contribution in [-0.2, 0) is 9.59 Å². The van der Waals surface area contributed by atoms with Crippen LogP contribution in [0.25, 0.3) is 0 Å². The predicted molar refractivity (Wildman–Crippen MR) is 52.2 cm³/mol.